The van der Waals surface area contributed by atoms with Gasteiger partial charge in [-0.15, -0.1) is 0 Å². The third-order valence-corrected chi connectivity index (χ3v) is 1.66. The van der Waals surface area contributed by atoms with Crippen LogP contribution < -0.4 is 5.32 Å². The summed E-state index contributed by atoms with van der Waals surface area (Å²) in [5.41, 5.74) is 1.10. The zero-order valence-corrected chi connectivity index (χ0v) is 7.98. The van der Waals surface area contributed by atoms with Crippen molar-refractivity contribution in [1.82, 2.24) is 5.32 Å². The molecule has 0 spiro atoms. The molecule has 0 aliphatic carbocycles. The van der Waals surface area contributed by atoms with Crippen LogP contribution >= 0.6 is 0 Å². The zero-order valence-electron chi connectivity index (χ0n) is 7.98. The Bertz CT molecular complexity index is 311. The Hall–Kier alpha value is -1.66. The van der Waals surface area contributed by atoms with Gasteiger partial charge in [-0.2, -0.15) is 5.26 Å². The molecule has 0 heterocycles. The fourth-order valence-corrected chi connectivity index (χ4v) is 0.997. The number of nitriles is 1. The van der Waals surface area contributed by atoms with Gasteiger partial charge in [-0.1, -0.05) is 30.3 Å². The van der Waals surface area contributed by atoms with Crippen molar-refractivity contribution in [1.29, 1.82) is 5.26 Å². The van der Waals surface area contributed by atoms with E-state index in [2.05, 4.69) is 10.3 Å². The van der Waals surface area contributed by atoms with Crippen LogP contribution in [-0.2, 0) is 0 Å². The molecule has 0 bridgehead atoms. The molecule has 3 heteroatoms. The van der Waals surface area contributed by atoms with E-state index in [4.69, 9.17) is 5.26 Å². The molecule has 72 valence electrons. The van der Waals surface area contributed by atoms with E-state index in [0.29, 0.717) is 13.1 Å². The predicted molar refractivity (Wildman–Crippen MR) is 57.4 cm³/mol. The Kier molecular flexibility index (Phi) is 5.07. The molecule has 14 heavy (non-hydrogen) atoms. The summed E-state index contributed by atoms with van der Waals surface area (Å²) in [6, 6.07) is 12.0. The quantitative estimate of drug-likeness (QED) is 0.428. The monoisotopic (exact) mass is 187 g/mol. The van der Waals surface area contributed by atoms with E-state index >= 15 is 0 Å². The standard InChI is InChI=1S/C11H13N3/c12-6-7-13-8-9-14-10-11-4-2-1-3-5-11/h1-5,10,13H,7-9H2. The number of nitrogens with zero attached hydrogens (tertiary/aromatic N) is 2. The van der Waals surface area contributed by atoms with Gasteiger partial charge in [-0.05, 0) is 5.56 Å². The highest BCUT2D eigenvalue weighted by Gasteiger charge is 1.84. The summed E-state index contributed by atoms with van der Waals surface area (Å²) in [7, 11) is 0. The maximum atomic E-state index is 8.25. The summed E-state index contributed by atoms with van der Waals surface area (Å²) in [6.45, 7) is 1.84. The Balaban J connectivity index is 2.19. The lowest BCUT2D eigenvalue weighted by molar-refractivity contribution is 0.761. The first kappa shape index (κ1) is 10.4. The van der Waals surface area contributed by atoms with E-state index in [1.807, 2.05) is 42.6 Å². The largest absolute Gasteiger partial charge is 0.303 e. The molecule has 0 amide bonds. The van der Waals surface area contributed by atoms with Gasteiger partial charge in [0, 0.05) is 12.8 Å². The number of rotatable bonds is 5. The summed E-state index contributed by atoms with van der Waals surface area (Å²) < 4.78 is 0. The highest BCUT2D eigenvalue weighted by atomic mass is 14.9. The van der Waals surface area contributed by atoms with Crippen LogP contribution in [0.5, 0.6) is 0 Å². The van der Waals surface area contributed by atoms with Crippen molar-refractivity contribution in [3.8, 4) is 6.07 Å². The van der Waals surface area contributed by atoms with Crippen LogP contribution in [-0.4, -0.2) is 25.8 Å². The van der Waals surface area contributed by atoms with E-state index in [0.717, 1.165) is 12.1 Å². The molecule has 0 atom stereocenters. The van der Waals surface area contributed by atoms with Gasteiger partial charge < -0.3 is 5.32 Å². The highest BCUT2D eigenvalue weighted by molar-refractivity contribution is 5.79. The number of aliphatic imine (C=N–C) groups is 1. The van der Waals surface area contributed by atoms with Gasteiger partial charge in [0.1, 0.15) is 0 Å². The van der Waals surface area contributed by atoms with Crippen molar-refractivity contribution in [2.75, 3.05) is 19.6 Å². The maximum Gasteiger partial charge on any atom is 0.0841 e. The molecule has 0 aromatic heterocycles. The fraction of sp³-hybridized carbons (Fsp3) is 0.273. The van der Waals surface area contributed by atoms with E-state index in [-0.39, 0.29) is 0 Å². The normalized spacial score (nSPS) is 10.2. The average molecular weight is 187 g/mol. The summed E-state index contributed by atoms with van der Waals surface area (Å²) >= 11 is 0. The van der Waals surface area contributed by atoms with E-state index in [1.54, 1.807) is 0 Å². The van der Waals surface area contributed by atoms with Crippen molar-refractivity contribution in [3.05, 3.63) is 35.9 Å². The Morgan fingerprint density at radius 3 is 2.86 bits per heavy atom. The lowest BCUT2D eigenvalue weighted by Crippen LogP contribution is -2.17. The lowest BCUT2D eigenvalue weighted by Gasteiger charge is -1.94. The molecule has 0 aliphatic heterocycles. The molecule has 1 N–H and O–H groups in total. The van der Waals surface area contributed by atoms with E-state index in [1.165, 1.54) is 0 Å². The number of hydrogen-bond donors (Lipinski definition) is 1. The van der Waals surface area contributed by atoms with Gasteiger partial charge in [0.15, 0.2) is 0 Å². The second kappa shape index (κ2) is 6.81. The van der Waals surface area contributed by atoms with Gasteiger partial charge in [-0.25, -0.2) is 0 Å². The fourth-order valence-electron chi connectivity index (χ4n) is 0.997. The van der Waals surface area contributed by atoms with E-state index < -0.39 is 0 Å². The summed E-state index contributed by atoms with van der Waals surface area (Å²) in [4.78, 5) is 4.22. The highest BCUT2D eigenvalue weighted by Crippen LogP contribution is 1.93. The SMILES string of the molecule is N#CCNCCN=Cc1ccccc1. The van der Waals surface area contributed by atoms with Gasteiger partial charge >= 0.3 is 0 Å². The molecule has 0 radical (unpaired) electrons. The second-order valence-corrected chi connectivity index (χ2v) is 2.78. The molecule has 0 saturated carbocycles. The molecule has 1 rings (SSSR count). The predicted octanol–water partition coefficient (Wildman–Crippen LogP) is 1.22. The van der Waals surface area contributed by atoms with Crippen LogP contribution in [0.4, 0.5) is 0 Å². The molecule has 1 aromatic rings. The number of nitrogens with one attached hydrogen (secondary N) is 1. The average Bonchev–Trinajstić information content (AvgIpc) is 2.25. The topological polar surface area (TPSA) is 48.2 Å². The molecule has 0 fully saturated rings. The lowest BCUT2D eigenvalue weighted by atomic mass is 10.2. The van der Waals surface area contributed by atoms with Crippen LogP contribution in [0.15, 0.2) is 35.3 Å². The molecule has 0 aliphatic rings. The van der Waals surface area contributed by atoms with Gasteiger partial charge in [0.25, 0.3) is 0 Å². The number of hydrogen-bond acceptors (Lipinski definition) is 3. The minimum atomic E-state index is 0.390. The Morgan fingerprint density at radius 2 is 2.14 bits per heavy atom. The molecule has 0 unspecified atom stereocenters. The first-order chi connectivity index (χ1) is 6.93. The minimum Gasteiger partial charge on any atom is -0.303 e. The maximum absolute atomic E-state index is 8.25. The molecular formula is C11H13N3. The van der Waals surface area contributed by atoms with Gasteiger partial charge in [0.05, 0.1) is 19.2 Å². The summed E-state index contributed by atoms with van der Waals surface area (Å²) in [6.07, 6.45) is 1.84. The van der Waals surface area contributed by atoms with Crippen molar-refractivity contribution < 1.29 is 0 Å². The van der Waals surface area contributed by atoms with Crippen LogP contribution in [0.2, 0.25) is 0 Å². The van der Waals surface area contributed by atoms with Crippen LogP contribution in [0.25, 0.3) is 0 Å². The molecule has 3 nitrogen and oxygen atoms in total. The second-order valence-electron chi connectivity index (χ2n) is 2.78. The first-order valence-corrected chi connectivity index (χ1v) is 4.56. The summed E-state index contributed by atoms with van der Waals surface area (Å²) in [5.74, 6) is 0. The van der Waals surface area contributed by atoms with Crippen LogP contribution in [0.1, 0.15) is 5.56 Å². The zero-order chi connectivity index (χ0) is 10.1. The first-order valence-electron chi connectivity index (χ1n) is 4.56. The van der Waals surface area contributed by atoms with Crippen molar-refractivity contribution >= 4 is 6.21 Å². The Morgan fingerprint density at radius 1 is 1.36 bits per heavy atom. The van der Waals surface area contributed by atoms with Gasteiger partial charge in [0.2, 0.25) is 0 Å². The molecule has 0 saturated heterocycles. The van der Waals surface area contributed by atoms with Crippen molar-refractivity contribution in [2.24, 2.45) is 4.99 Å². The molecule has 1 aromatic carbocycles. The van der Waals surface area contributed by atoms with Crippen molar-refractivity contribution in [2.45, 2.75) is 0 Å². The van der Waals surface area contributed by atoms with Crippen molar-refractivity contribution in [3.63, 3.8) is 0 Å². The van der Waals surface area contributed by atoms with Crippen LogP contribution in [0, 0.1) is 11.3 Å². The third-order valence-electron chi connectivity index (χ3n) is 1.66. The Labute approximate surface area is 84.1 Å². The summed E-state index contributed by atoms with van der Waals surface area (Å²) in [5, 5.41) is 11.2. The smallest absolute Gasteiger partial charge is 0.0841 e. The molecular weight excluding hydrogens is 174 g/mol. The van der Waals surface area contributed by atoms with Gasteiger partial charge in [-0.3, -0.25) is 4.99 Å². The van der Waals surface area contributed by atoms with Crippen LogP contribution in [0.3, 0.4) is 0 Å². The number of benzene rings is 1. The van der Waals surface area contributed by atoms with E-state index in [9.17, 15) is 0 Å². The minimum absolute atomic E-state index is 0.390. The third kappa shape index (κ3) is 4.39.